The van der Waals surface area contributed by atoms with Crippen molar-refractivity contribution in [1.82, 2.24) is 25.2 Å². The Labute approximate surface area is 202 Å². The Morgan fingerprint density at radius 3 is 2.49 bits per heavy atom. The molecule has 1 atom stereocenters. The van der Waals surface area contributed by atoms with Crippen LogP contribution in [0.5, 0.6) is 0 Å². The predicted octanol–water partition coefficient (Wildman–Crippen LogP) is 3.10. The number of para-hydroxylation sites is 1. The smallest absolute Gasteiger partial charge is 0.247 e. The van der Waals surface area contributed by atoms with Crippen molar-refractivity contribution in [3.63, 3.8) is 0 Å². The normalized spacial score (nSPS) is 11.8. The first-order valence-electron chi connectivity index (χ1n) is 11.2. The number of methoxy groups -OCH3 is 1. The summed E-state index contributed by atoms with van der Waals surface area (Å²) in [5.41, 5.74) is 2.72. The summed E-state index contributed by atoms with van der Waals surface area (Å²) >= 11 is 0. The Kier molecular flexibility index (Phi) is 7.79. The standard InChI is InChI=1S/C26H26FN5O3/c1-35-16-15-28-26(34)25(20-7-3-2-4-8-20)31(17-19-11-13-21(27)14-12-19)24(33)18-32-23-10-6-5-9-22(23)29-30-32/h2-14,25H,15-18H2,1H3,(H,28,34). The highest BCUT2D eigenvalue weighted by Gasteiger charge is 2.32. The van der Waals surface area contributed by atoms with Crippen LogP contribution >= 0.6 is 0 Å². The molecule has 1 unspecified atom stereocenters. The fourth-order valence-corrected chi connectivity index (χ4v) is 3.84. The minimum atomic E-state index is -0.916. The molecule has 180 valence electrons. The van der Waals surface area contributed by atoms with Gasteiger partial charge in [-0.25, -0.2) is 9.07 Å². The summed E-state index contributed by atoms with van der Waals surface area (Å²) in [6.07, 6.45) is 0. The van der Waals surface area contributed by atoms with E-state index in [9.17, 15) is 14.0 Å². The fraction of sp³-hybridized carbons (Fsp3) is 0.231. The van der Waals surface area contributed by atoms with Crippen molar-refractivity contribution in [2.75, 3.05) is 20.3 Å². The summed E-state index contributed by atoms with van der Waals surface area (Å²) in [6, 6.07) is 21.4. The first-order valence-corrected chi connectivity index (χ1v) is 11.2. The van der Waals surface area contributed by atoms with Crippen LogP contribution in [0.15, 0.2) is 78.9 Å². The highest BCUT2D eigenvalue weighted by Crippen LogP contribution is 2.25. The van der Waals surface area contributed by atoms with E-state index >= 15 is 0 Å². The summed E-state index contributed by atoms with van der Waals surface area (Å²) in [4.78, 5) is 28.6. The zero-order valence-electron chi connectivity index (χ0n) is 19.3. The van der Waals surface area contributed by atoms with Gasteiger partial charge in [-0.2, -0.15) is 0 Å². The molecule has 4 rings (SSSR count). The van der Waals surface area contributed by atoms with Gasteiger partial charge in [0.2, 0.25) is 11.8 Å². The number of hydrogen-bond acceptors (Lipinski definition) is 5. The Bertz CT molecular complexity index is 1280. The van der Waals surface area contributed by atoms with Gasteiger partial charge in [0, 0.05) is 20.2 Å². The zero-order valence-corrected chi connectivity index (χ0v) is 19.3. The number of hydrogen-bond donors (Lipinski definition) is 1. The van der Waals surface area contributed by atoms with Gasteiger partial charge in [-0.15, -0.1) is 5.10 Å². The number of ether oxygens (including phenoxy) is 1. The average molecular weight is 476 g/mol. The van der Waals surface area contributed by atoms with E-state index in [1.807, 2.05) is 42.5 Å². The van der Waals surface area contributed by atoms with Crippen LogP contribution in [0.25, 0.3) is 11.0 Å². The van der Waals surface area contributed by atoms with Crippen LogP contribution in [-0.2, 0) is 27.4 Å². The Morgan fingerprint density at radius 2 is 1.74 bits per heavy atom. The Morgan fingerprint density at radius 1 is 1.03 bits per heavy atom. The second-order valence-electron chi connectivity index (χ2n) is 7.98. The van der Waals surface area contributed by atoms with Crippen LogP contribution in [0.1, 0.15) is 17.2 Å². The minimum absolute atomic E-state index is 0.100. The lowest BCUT2D eigenvalue weighted by Gasteiger charge is -2.31. The van der Waals surface area contributed by atoms with Crippen molar-refractivity contribution in [1.29, 1.82) is 0 Å². The molecule has 0 radical (unpaired) electrons. The molecular weight excluding hydrogens is 449 g/mol. The molecule has 1 N–H and O–H groups in total. The number of aromatic nitrogens is 3. The third-order valence-corrected chi connectivity index (χ3v) is 5.57. The molecule has 8 nitrogen and oxygen atoms in total. The molecule has 1 aromatic heterocycles. The maximum atomic E-state index is 13.7. The van der Waals surface area contributed by atoms with E-state index in [0.717, 1.165) is 0 Å². The van der Waals surface area contributed by atoms with Gasteiger partial charge in [-0.3, -0.25) is 9.59 Å². The third kappa shape index (κ3) is 5.88. The maximum Gasteiger partial charge on any atom is 0.247 e. The monoisotopic (exact) mass is 475 g/mol. The number of halogens is 1. The summed E-state index contributed by atoms with van der Waals surface area (Å²) in [5.74, 6) is -1.05. The van der Waals surface area contributed by atoms with E-state index in [1.54, 1.807) is 31.4 Å². The predicted molar refractivity (Wildman–Crippen MR) is 129 cm³/mol. The minimum Gasteiger partial charge on any atom is -0.383 e. The van der Waals surface area contributed by atoms with Crippen LogP contribution in [-0.4, -0.2) is 52.0 Å². The van der Waals surface area contributed by atoms with Gasteiger partial charge in [0.1, 0.15) is 23.9 Å². The summed E-state index contributed by atoms with van der Waals surface area (Å²) in [6.45, 7) is 0.620. The van der Waals surface area contributed by atoms with Crippen molar-refractivity contribution in [3.05, 3.63) is 95.8 Å². The highest BCUT2D eigenvalue weighted by molar-refractivity contribution is 5.89. The average Bonchev–Trinajstić information content (AvgIpc) is 3.28. The van der Waals surface area contributed by atoms with Gasteiger partial charge >= 0.3 is 0 Å². The van der Waals surface area contributed by atoms with Crippen molar-refractivity contribution in [2.24, 2.45) is 0 Å². The first-order chi connectivity index (χ1) is 17.1. The second-order valence-corrected chi connectivity index (χ2v) is 7.98. The first kappa shape index (κ1) is 24.0. The Balaban J connectivity index is 1.70. The SMILES string of the molecule is COCCNC(=O)C(c1ccccc1)N(Cc1ccc(F)cc1)C(=O)Cn1nnc2ccccc21. The number of benzene rings is 3. The molecule has 0 spiro atoms. The van der Waals surface area contributed by atoms with Crippen molar-refractivity contribution >= 4 is 22.8 Å². The van der Waals surface area contributed by atoms with E-state index in [2.05, 4.69) is 15.6 Å². The molecule has 4 aromatic rings. The number of nitrogens with zero attached hydrogens (tertiary/aromatic N) is 4. The van der Waals surface area contributed by atoms with Gasteiger partial charge in [0.15, 0.2) is 0 Å². The lowest BCUT2D eigenvalue weighted by Crippen LogP contribution is -2.45. The molecule has 0 saturated carbocycles. The summed E-state index contributed by atoms with van der Waals surface area (Å²) in [7, 11) is 1.55. The summed E-state index contributed by atoms with van der Waals surface area (Å²) < 4.78 is 20.1. The molecular formula is C26H26FN5O3. The number of carbonyl (C=O) groups excluding carboxylic acids is 2. The molecule has 0 fully saturated rings. The third-order valence-electron chi connectivity index (χ3n) is 5.57. The van der Waals surface area contributed by atoms with E-state index in [4.69, 9.17) is 4.74 Å². The Hall–Kier alpha value is -4.11. The lowest BCUT2D eigenvalue weighted by atomic mass is 10.0. The molecule has 9 heteroatoms. The van der Waals surface area contributed by atoms with Gasteiger partial charge < -0.3 is 15.0 Å². The van der Waals surface area contributed by atoms with Crippen LogP contribution in [0.3, 0.4) is 0 Å². The summed E-state index contributed by atoms with van der Waals surface area (Å²) in [5, 5.41) is 11.1. The number of carbonyl (C=O) groups is 2. The largest absolute Gasteiger partial charge is 0.383 e. The molecule has 0 aliphatic heterocycles. The van der Waals surface area contributed by atoms with Gasteiger partial charge in [-0.1, -0.05) is 59.8 Å². The van der Waals surface area contributed by atoms with Crippen LogP contribution in [0.4, 0.5) is 4.39 Å². The molecule has 3 aromatic carbocycles. The number of amides is 2. The fourth-order valence-electron chi connectivity index (χ4n) is 3.84. The van der Waals surface area contributed by atoms with E-state index in [0.29, 0.717) is 35.3 Å². The van der Waals surface area contributed by atoms with Crippen molar-refractivity contribution in [2.45, 2.75) is 19.1 Å². The van der Waals surface area contributed by atoms with E-state index < -0.39 is 6.04 Å². The number of rotatable bonds is 10. The molecule has 0 aliphatic carbocycles. The second kappa shape index (κ2) is 11.3. The van der Waals surface area contributed by atoms with E-state index in [-0.39, 0.29) is 30.7 Å². The highest BCUT2D eigenvalue weighted by atomic mass is 19.1. The van der Waals surface area contributed by atoms with Crippen molar-refractivity contribution < 1.29 is 18.7 Å². The quantitative estimate of drug-likeness (QED) is 0.356. The zero-order chi connectivity index (χ0) is 24.6. The van der Waals surface area contributed by atoms with Gasteiger partial charge in [0.25, 0.3) is 0 Å². The van der Waals surface area contributed by atoms with Crippen LogP contribution in [0.2, 0.25) is 0 Å². The number of nitrogens with one attached hydrogen (secondary N) is 1. The maximum absolute atomic E-state index is 13.7. The molecule has 0 saturated heterocycles. The van der Waals surface area contributed by atoms with Crippen LogP contribution < -0.4 is 5.32 Å². The van der Waals surface area contributed by atoms with E-state index in [1.165, 1.54) is 21.7 Å². The number of fused-ring (bicyclic) bond motifs is 1. The molecule has 0 bridgehead atoms. The lowest BCUT2D eigenvalue weighted by molar-refractivity contribution is -0.142. The molecule has 2 amide bonds. The van der Waals surface area contributed by atoms with Gasteiger partial charge in [-0.05, 0) is 35.4 Å². The molecule has 0 aliphatic rings. The molecule has 35 heavy (non-hydrogen) atoms. The molecule has 1 heterocycles. The van der Waals surface area contributed by atoms with Crippen LogP contribution in [0, 0.1) is 5.82 Å². The van der Waals surface area contributed by atoms with Crippen molar-refractivity contribution in [3.8, 4) is 0 Å². The topological polar surface area (TPSA) is 89.4 Å². The van der Waals surface area contributed by atoms with Gasteiger partial charge in [0.05, 0.1) is 12.1 Å².